The van der Waals surface area contributed by atoms with Crippen molar-refractivity contribution in [2.24, 2.45) is 5.92 Å². The molecule has 0 aromatic carbocycles. The van der Waals surface area contributed by atoms with Gasteiger partial charge in [0.25, 0.3) is 0 Å². The maximum atomic E-state index is 3.43. The monoisotopic (exact) mass is 213 g/mol. The first kappa shape index (κ1) is 12.9. The Labute approximate surface area is 94.6 Å². The smallest absolute Gasteiger partial charge is 0.0107 e. The lowest BCUT2D eigenvalue weighted by atomic mass is 10.0. The molecule has 0 aliphatic carbocycles. The van der Waals surface area contributed by atoms with Gasteiger partial charge >= 0.3 is 0 Å². The molecule has 3 heteroatoms. The van der Waals surface area contributed by atoms with Crippen LogP contribution in [0.15, 0.2) is 0 Å². The second kappa shape index (κ2) is 8.08. The summed E-state index contributed by atoms with van der Waals surface area (Å²) in [5, 5.41) is 6.82. The predicted octanol–water partition coefficient (Wildman–Crippen LogP) is 0.917. The average molecular weight is 213 g/mol. The molecule has 90 valence electrons. The largest absolute Gasteiger partial charge is 0.316 e. The summed E-state index contributed by atoms with van der Waals surface area (Å²) in [5.74, 6) is 0.954. The van der Waals surface area contributed by atoms with Crippen LogP contribution in [0, 0.1) is 5.92 Å². The van der Waals surface area contributed by atoms with E-state index in [4.69, 9.17) is 0 Å². The topological polar surface area (TPSA) is 27.3 Å². The van der Waals surface area contributed by atoms with Crippen molar-refractivity contribution >= 4 is 0 Å². The van der Waals surface area contributed by atoms with Crippen LogP contribution < -0.4 is 10.6 Å². The number of rotatable bonds is 3. The fraction of sp³-hybridized carbons (Fsp3) is 1.00. The van der Waals surface area contributed by atoms with E-state index < -0.39 is 0 Å². The predicted molar refractivity (Wildman–Crippen MR) is 66.3 cm³/mol. The molecule has 1 unspecified atom stereocenters. The van der Waals surface area contributed by atoms with Crippen LogP contribution in [0.2, 0.25) is 0 Å². The highest BCUT2D eigenvalue weighted by molar-refractivity contribution is 4.74. The molecule has 2 fully saturated rings. The summed E-state index contributed by atoms with van der Waals surface area (Å²) in [5.41, 5.74) is 0. The molecular weight excluding hydrogens is 186 g/mol. The third-order valence-electron chi connectivity index (χ3n) is 3.23. The van der Waals surface area contributed by atoms with Gasteiger partial charge in [-0.2, -0.15) is 0 Å². The van der Waals surface area contributed by atoms with Crippen molar-refractivity contribution < 1.29 is 0 Å². The Kier molecular flexibility index (Phi) is 6.98. The minimum Gasteiger partial charge on any atom is -0.316 e. The van der Waals surface area contributed by atoms with E-state index in [9.17, 15) is 0 Å². The van der Waals surface area contributed by atoms with Crippen molar-refractivity contribution in [2.45, 2.75) is 26.7 Å². The highest BCUT2D eigenvalue weighted by Crippen LogP contribution is 2.12. The molecule has 0 saturated carbocycles. The van der Waals surface area contributed by atoms with Crippen molar-refractivity contribution in [2.75, 3.05) is 45.8 Å². The molecule has 1 atom stereocenters. The van der Waals surface area contributed by atoms with Crippen molar-refractivity contribution in [3.8, 4) is 0 Å². The Bertz CT molecular complexity index is 138. The molecule has 0 radical (unpaired) electrons. The number of hydrogen-bond acceptors (Lipinski definition) is 3. The van der Waals surface area contributed by atoms with E-state index in [-0.39, 0.29) is 0 Å². The molecule has 0 aromatic rings. The molecule has 0 amide bonds. The third-order valence-corrected chi connectivity index (χ3v) is 3.23. The number of piperazine rings is 1. The lowest BCUT2D eigenvalue weighted by molar-refractivity contribution is 0.226. The van der Waals surface area contributed by atoms with Crippen LogP contribution in [0.25, 0.3) is 0 Å². The van der Waals surface area contributed by atoms with E-state index >= 15 is 0 Å². The molecule has 2 N–H and O–H groups in total. The zero-order chi connectivity index (χ0) is 10.9. The second-order valence-electron chi connectivity index (χ2n) is 4.24. The van der Waals surface area contributed by atoms with E-state index in [1.807, 2.05) is 13.8 Å². The highest BCUT2D eigenvalue weighted by Gasteiger charge is 2.16. The molecule has 2 saturated heterocycles. The second-order valence-corrected chi connectivity index (χ2v) is 4.24. The van der Waals surface area contributed by atoms with Gasteiger partial charge in [-0.15, -0.1) is 0 Å². The first-order valence-corrected chi connectivity index (χ1v) is 6.59. The van der Waals surface area contributed by atoms with Crippen LogP contribution in [0.3, 0.4) is 0 Å². The van der Waals surface area contributed by atoms with Crippen LogP contribution in [-0.2, 0) is 0 Å². The van der Waals surface area contributed by atoms with Crippen molar-refractivity contribution in [3.05, 3.63) is 0 Å². The fourth-order valence-electron chi connectivity index (χ4n) is 2.26. The summed E-state index contributed by atoms with van der Waals surface area (Å²) in [7, 11) is 0. The quantitative estimate of drug-likeness (QED) is 0.730. The average Bonchev–Trinajstić information content (AvgIpc) is 2.83. The molecule has 2 aliphatic heterocycles. The summed E-state index contributed by atoms with van der Waals surface area (Å²) in [4.78, 5) is 2.59. The number of hydrogen-bond donors (Lipinski definition) is 2. The van der Waals surface area contributed by atoms with E-state index in [1.165, 1.54) is 58.7 Å². The zero-order valence-corrected chi connectivity index (χ0v) is 10.4. The fourth-order valence-corrected chi connectivity index (χ4v) is 2.26. The first-order valence-electron chi connectivity index (χ1n) is 6.59. The molecular formula is C12H27N3. The third kappa shape index (κ3) is 4.96. The van der Waals surface area contributed by atoms with Gasteiger partial charge in [0.1, 0.15) is 0 Å². The van der Waals surface area contributed by atoms with Gasteiger partial charge in [0.05, 0.1) is 0 Å². The summed E-state index contributed by atoms with van der Waals surface area (Å²) in [6, 6.07) is 0. The van der Waals surface area contributed by atoms with Crippen LogP contribution >= 0.6 is 0 Å². The minimum absolute atomic E-state index is 0.954. The maximum Gasteiger partial charge on any atom is 0.0107 e. The Morgan fingerprint density at radius 2 is 1.80 bits per heavy atom. The lowest BCUT2D eigenvalue weighted by Gasteiger charge is -2.27. The maximum absolute atomic E-state index is 3.43. The van der Waals surface area contributed by atoms with Gasteiger partial charge in [-0.1, -0.05) is 13.8 Å². The molecule has 0 aromatic heterocycles. The van der Waals surface area contributed by atoms with E-state index in [1.54, 1.807) is 0 Å². The molecule has 0 bridgehead atoms. The van der Waals surface area contributed by atoms with Gasteiger partial charge in [0.15, 0.2) is 0 Å². The van der Waals surface area contributed by atoms with Crippen LogP contribution in [0.5, 0.6) is 0 Å². The zero-order valence-electron chi connectivity index (χ0n) is 10.4. The van der Waals surface area contributed by atoms with Gasteiger partial charge in [0.2, 0.25) is 0 Å². The van der Waals surface area contributed by atoms with Crippen LogP contribution in [-0.4, -0.2) is 50.7 Å². The standard InChI is InChI=1S/C10H21N3.C2H6/c1-3-12-9-10(1)2-6-13-7-4-11-5-8-13;1-2/h10-12H,1-9H2;1-2H3. The minimum atomic E-state index is 0.954. The molecule has 2 rings (SSSR count). The van der Waals surface area contributed by atoms with Gasteiger partial charge in [-0.25, -0.2) is 0 Å². The van der Waals surface area contributed by atoms with Gasteiger partial charge in [-0.3, -0.25) is 0 Å². The van der Waals surface area contributed by atoms with Crippen LogP contribution in [0.4, 0.5) is 0 Å². The van der Waals surface area contributed by atoms with Gasteiger partial charge in [-0.05, 0) is 38.4 Å². The molecule has 0 spiro atoms. The first-order chi connectivity index (χ1) is 7.45. The van der Waals surface area contributed by atoms with E-state index in [2.05, 4.69) is 15.5 Å². The summed E-state index contributed by atoms with van der Waals surface area (Å²) < 4.78 is 0. The van der Waals surface area contributed by atoms with Gasteiger partial charge in [0, 0.05) is 26.2 Å². The van der Waals surface area contributed by atoms with E-state index in [0.717, 1.165) is 5.92 Å². The normalized spacial score (nSPS) is 27.2. The van der Waals surface area contributed by atoms with Crippen LogP contribution in [0.1, 0.15) is 26.7 Å². The molecule has 2 heterocycles. The Hall–Kier alpha value is -0.120. The lowest BCUT2D eigenvalue weighted by Crippen LogP contribution is -2.44. The van der Waals surface area contributed by atoms with E-state index in [0.29, 0.717) is 0 Å². The molecule has 15 heavy (non-hydrogen) atoms. The number of nitrogens with one attached hydrogen (secondary N) is 2. The Balaban J connectivity index is 0.000000531. The van der Waals surface area contributed by atoms with Crippen molar-refractivity contribution in [1.82, 2.24) is 15.5 Å². The van der Waals surface area contributed by atoms with Crippen molar-refractivity contribution in [1.29, 1.82) is 0 Å². The van der Waals surface area contributed by atoms with Gasteiger partial charge < -0.3 is 15.5 Å². The summed E-state index contributed by atoms with van der Waals surface area (Å²) in [6.07, 6.45) is 2.79. The number of nitrogens with zero attached hydrogens (tertiary/aromatic N) is 1. The summed E-state index contributed by atoms with van der Waals surface area (Å²) >= 11 is 0. The Morgan fingerprint density at radius 3 is 2.40 bits per heavy atom. The molecule has 3 nitrogen and oxygen atoms in total. The SMILES string of the molecule is C1CN(CCC2CCNC2)CCN1.CC. The summed E-state index contributed by atoms with van der Waals surface area (Å²) in [6.45, 7) is 12.7. The Morgan fingerprint density at radius 1 is 1.07 bits per heavy atom. The highest BCUT2D eigenvalue weighted by atomic mass is 15.2. The van der Waals surface area contributed by atoms with Crippen molar-refractivity contribution in [3.63, 3.8) is 0 Å². The molecule has 2 aliphatic rings.